The summed E-state index contributed by atoms with van der Waals surface area (Å²) in [6.45, 7) is 5.77. The monoisotopic (exact) mass is 350 g/mol. The largest absolute Gasteiger partial charge is 0.497 e. The number of morpholine rings is 1. The molecular weight excluding hydrogens is 320 g/mol. The Bertz CT molecular complexity index is 548. The maximum absolute atomic E-state index is 10.6. The van der Waals surface area contributed by atoms with Gasteiger partial charge >= 0.3 is 0 Å². The second-order valence-corrected chi connectivity index (χ2v) is 6.83. The summed E-state index contributed by atoms with van der Waals surface area (Å²) >= 11 is 0. The Balaban J connectivity index is 1.64. The molecule has 0 bridgehead atoms. The van der Waals surface area contributed by atoms with Crippen molar-refractivity contribution in [2.75, 3.05) is 60.2 Å². The lowest BCUT2D eigenvalue weighted by atomic mass is 10.0. The summed E-state index contributed by atoms with van der Waals surface area (Å²) in [5, 5.41) is 10.6. The number of rotatable bonds is 7. The summed E-state index contributed by atoms with van der Waals surface area (Å²) < 4.78 is 16.3. The van der Waals surface area contributed by atoms with Crippen molar-refractivity contribution in [1.82, 2.24) is 9.80 Å². The van der Waals surface area contributed by atoms with Crippen molar-refractivity contribution in [2.45, 2.75) is 25.0 Å². The molecule has 2 aliphatic heterocycles. The molecule has 1 aromatic rings. The molecule has 0 aliphatic carbocycles. The fraction of sp³-hybridized carbons (Fsp3) is 0.684. The van der Waals surface area contributed by atoms with Crippen LogP contribution in [0.5, 0.6) is 11.5 Å². The van der Waals surface area contributed by atoms with E-state index in [2.05, 4.69) is 15.9 Å². The van der Waals surface area contributed by atoms with Gasteiger partial charge in [-0.05, 0) is 25.5 Å². The molecule has 2 fully saturated rings. The topological polar surface area (TPSA) is 54.4 Å². The Morgan fingerprint density at radius 1 is 1.16 bits per heavy atom. The molecular formula is C19H30N2O4. The van der Waals surface area contributed by atoms with Gasteiger partial charge in [0.15, 0.2) is 0 Å². The predicted molar refractivity (Wildman–Crippen MR) is 96.4 cm³/mol. The molecule has 2 heterocycles. The molecule has 0 spiro atoms. The number of β-amino-alcohol motifs (C(OH)–C–C–N with tert-alkyl or cyclic N) is 1. The van der Waals surface area contributed by atoms with E-state index >= 15 is 0 Å². The molecule has 2 aliphatic rings. The normalized spacial score (nSPS) is 23.6. The SMILES string of the molecule is COc1ccc([C@@H]2CCCN2C[C@@H](O)CN2CCOCC2)c(OC)c1. The Labute approximate surface area is 150 Å². The van der Waals surface area contributed by atoms with Crippen LogP contribution in [0.3, 0.4) is 0 Å². The smallest absolute Gasteiger partial charge is 0.127 e. The van der Waals surface area contributed by atoms with Crippen LogP contribution in [-0.4, -0.2) is 81.2 Å². The number of nitrogens with zero attached hydrogens (tertiary/aromatic N) is 2. The number of aliphatic hydroxyl groups is 1. The third kappa shape index (κ3) is 4.64. The van der Waals surface area contributed by atoms with E-state index in [0.717, 1.165) is 57.2 Å². The Hall–Kier alpha value is -1.34. The van der Waals surface area contributed by atoms with Gasteiger partial charge in [0, 0.05) is 43.9 Å². The third-order valence-corrected chi connectivity index (χ3v) is 5.18. The van der Waals surface area contributed by atoms with Gasteiger partial charge in [0.1, 0.15) is 11.5 Å². The summed E-state index contributed by atoms with van der Waals surface area (Å²) in [5.41, 5.74) is 1.18. The number of methoxy groups -OCH3 is 2. The number of ether oxygens (including phenoxy) is 3. The molecule has 140 valence electrons. The maximum Gasteiger partial charge on any atom is 0.127 e. The highest BCUT2D eigenvalue weighted by molar-refractivity contribution is 5.42. The van der Waals surface area contributed by atoms with Gasteiger partial charge in [-0.25, -0.2) is 0 Å². The third-order valence-electron chi connectivity index (χ3n) is 5.18. The molecule has 6 heteroatoms. The number of likely N-dealkylation sites (tertiary alicyclic amines) is 1. The van der Waals surface area contributed by atoms with Crippen LogP contribution in [0, 0.1) is 0 Å². The zero-order valence-corrected chi connectivity index (χ0v) is 15.3. The maximum atomic E-state index is 10.6. The van der Waals surface area contributed by atoms with E-state index in [1.807, 2.05) is 12.1 Å². The number of aliphatic hydroxyl groups excluding tert-OH is 1. The molecule has 1 aromatic carbocycles. The molecule has 0 saturated carbocycles. The van der Waals surface area contributed by atoms with Gasteiger partial charge in [0.25, 0.3) is 0 Å². The first-order valence-corrected chi connectivity index (χ1v) is 9.15. The summed E-state index contributed by atoms with van der Waals surface area (Å²) in [6, 6.07) is 6.31. The van der Waals surface area contributed by atoms with Crippen LogP contribution >= 0.6 is 0 Å². The van der Waals surface area contributed by atoms with Gasteiger partial charge in [-0.1, -0.05) is 6.07 Å². The molecule has 3 rings (SSSR count). The zero-order valence-electron chi connectivity index (χ0n) is 15.3. The second kappa shape index (κ2) is 8.85. The molecule has 0 radical (unpaired) electrons. The van der Waals surface area contributed by atoms with Gasteiger partial charge in [-0.2, -0.15) is 0 Å². The van der Waals surface area contributed by atoms with Crippen molar-refractivity contribution in [1.29, 1.82) is 0 Å². The minimum absolute atomic E-state index is 0.292. The summed E-state index contributed by atoms with van der Waals surface area (Å²) in [4.78, 5) is 4.67. The molecule has 2 saturated heterocycles. The zero-order chi connectivity index (χ0) is 17.6. The summed E-state index contributed by atoms with van der Waals surface area (Å²) in [6.07, 6.45) is 1.89. The highest BCUT2D eigenvalue weighted by Crippen LogP contribution is 2.38. The molecule has 25 heavy (non-hydrogen) atoms. The van der Waals surface area contributed by atoms with Crippen molar-refractivity contribution in [3.05, 3.63) is 23.8 Å². The molecule has 1 N–H and O–H groups in total. The lowest BCUT2D eigenvalue weighted by Crippen LogP contribution is -2.44. The fourth-order valence-electron chi connectivity index (χ4n) is 3.90. The van der Waals surface area contributed by atoms with Crippen molar-refractivity contribution < 1.29 is 19.3 Å². The highest BCUT2D eigenvalue weighted by Gasteiger charge is 2.30. The summed E-state index contributed by atoms with van der Waals surface area (Å²) in [7, 11) is 3.36. The number of benzene rings is 1. The average molecular weight is 350 g/mol. The molecule has 2 atom stereocenters. The van der Waals surface area contributed by atoms with Crippen LogP contribution in [0.4, 0.5) is 0 Å². The second-order valence-electron chi connectivity index (χ2n) is 6.83. The Morgan fingerprint density at radius 3 is 2.68 bits per heavy atom. The lowest BCUT2D eigenvalue weighted by Gasteiger charge is -2.32. The quantitative estimate of drug-likeness (QED) is 0.805. The first kappa shape index (κ1) is 18.5. The van der Waals surface area contributed by atoms with Crippen molar-refractivity contribution in [3.8, 4) is 11.5 Å². The fourth-order valence-corrected chi connectivity index (χ4v) is 3.90. The summed E-state index contributed by atoms with van der Waals surface area (Å²) in [5.74, 6) is 1.66. The average Bonchev–Trinajstić information content (AvgIpc) is 3.09. The lowest BCUT2D eigenvalue weighted by molar-refractivity contribution is 0.00578. The van der Waals surface area contributed by atoms with E-state index in [1.165, 1.54) is 5.56 Å². The first-order chi connectivity index (χ1) is 12.2. The molecule has 0 amide bonds. The molecule has 6 nitrogen and oxygen atoms in total. The van der Waals surface area contributed by atoms with Gasteiger partial charge in [0.2, 0.25) is 0 Å². The minimum atomic E-state index is -0.344. The van der Waals surface area contributed by atoms with E-state index in [9.17, 15) is 5.11 Å². The highest BCUT2D eigenvalue weighted by atomic mass is 16.5. The van der Waals surface area contributed by atoms with Gasteiger partial charge < -0.3 is 19.3 Å². The molecule has 0 unspecified atom stereocenters. The van der Waals surface area contributed by atoms with Crippen molar-refractivity contribution in [3.63, 3.8) is 0 Å². The van der Waals surface area contributed by atoms with Gasteiger partial charge in [0.05, 0.1) is 33.5 Å². The van der Waals surface area contributed by atoms with Crippen molar-refractivity contribution >= 4 is 0 Å². The van der Waals surface area contributed by atoms with Crippen LogP contribution in [0.15, 0.2) is 18.2 Å². The Kier molecular flexibility index (Phi) is 6.53. The van der Waals surface area contributed by atoms with Crippen LogP contribution in [-0.2, 0) is 4.74 Å². The molecule has 0 aromatic heterocycles. The van der Waals surface area contributed by atoms with E-state index in [0.29, 0.717) is 19.1 Å². The van der Waals surface area contributed by atoms with E-state index in [4.69, 9.17) is 14.2 Å². The number of hydrogen-bond acceptors (Lipinski definition) is 6. The number of hydrogen-bond donors (Lipinski definition) is 1. The standard InChI is InChI=1S/C19H30N2O4/c1-23-16-5-6-17(19(12-16)24-2)18-4-3-7-21(18)14-15(22)13-20-8-10-25-11-9-20/h5-6,12,15,18,22H,3-4,7-11,13-14H2,1-2H3/t15-,18-/m0/s1. The van der Waals surface area contributed by atoms with Crippen LogP contribution in [0.25, 0.3) is 0 Å². The predicted octanol–water partition coefficient (Wildman–Crippen LogP) is 1.53. The van der Waals surface area contributed by atoms with E-state index in [1.54, 1.807) is 14.2 Å². The van der Waals surface area contributed by atoms with E-state index < -0.39 is 0 Å². The van der Waals surface area contributed by atoms with Crippen LogP contribution < -0.4 is 9.47 Å². The Morgan fingerprint density at radius 2 is 1.96 bits per heavy atom. The first-order valence-electron chi connectivity index (χ1n) is 9.15. The van der Waals surface area contributed by atoms with Crippen molar-refractivity contribution in [2.24, 2.45) is 0 Å². The van der Waals surface area contributed by atoms with Crippen LogP contribution in [0.2, 0.25) is 0 Å². The van der Waals surface area contributed by atoms with Crippen LogP contribution in [0.1, 0.15) is 24.4 Å². The van der Waals surface area contributed by atoms with Gasteiger partial charge in [-0.15, -0.1) is 0 Å². The van der Waals surface area contributed by atoms with E-state index in [-0.39, 0.29) is 6.10 Å². The van der Waals surface area contributed by atoms with Gasteiger partial charge in [-0.3, -0.25) is 9.80 Å². The minimum Gasteiger partial charge on any atom is -0.497 e.